The smallest absolute Gasteiger partial charge is 0.164 e. The van der Waals surface area contributed by atoms with Crippen LogP contribution in [0.4, 0.5) is 0 Å². The zero-order valence-electron chi connectivity index (χ0n) is 19.6. The van der Waals surface area contributed by atoms with E-state index in [1.807, 2.05) is 36.7 Å². The number of nitrogens with zero attached hydrogens (tertiary/aromatic N) is 3. The van der Waals surface area contributed by atoms with Gasteiger partial charge in [-0.25, -0.2) is 0 Å². The minimum atomic E-state index is -1.48. The third kappa shape index (κ3) is 6.22. The first-order valence-electron chi connectivity index (χ1n) is 10.4. The second kappa shape index (κ2) is 9.51. The highest BCUT2D eigenvalue weighted by Crippen LogP contribution is 2.28. The Labute approximate surface area is 183 Å². The molecule has 0 bridgehead atoms. The van der Waals surface area contributed by atoms with Gasteiger partial charge in [-0.3, -0.25) is 4.68 Å². The number of hydrogen-bond donors (Lipinski definition) is 0. The summed E-state index contributed by atoms with van der Waals surface area (Å²) in [5.41, 5.74) is 6.41. The van der Waals surface area contributed by atoms with E-state index in [2.05, 4.69) is 74.0 Å². The molecule has 1 aromatic carbocycles. The molecule has 4 nitrogen and oxygen atoms in total. The molecule has 1 heterocycles. The Bertz CT molecular complexity index is 1020. The van der Waals surface area contributed by atoms with Gasteiger partial charge in [-0.15, -0.1) is 5.54 Å². The molecule has 0 radical (unpaired) electrons. The fourth-order valence-corrected chi connectivity index (χ4v) is 4.81. The van der Waals surface area contributed by atoms with E-state index in [1.54, 1.807) is 0 Å². The highest BCUT2D eigenvalue weighted by molar-refractivity contribution is 6.88. The molecule has 2 rings (SSSR count). The Morgan fingerprint density at radius 2 is 1.73 bits per heavy atom. The molecule has 1 aromatic heterocycles. The van der Waals surface area contributed by atoms with E-state index in [0.717, 1.165) is 17.0 Å². The molecule has 0 saturated carbocycles. The van der Waals surface area contributed by atoms with Crippen molar-refractivity contribution in [2.24, 2.45) is 0 Å². The van der Waals surface area contributed by atoms with Crippen molar-refractivity contribution in [3.63, 3.8) is 0 Å². The molecule has 0 spiro atoms. The molecule has 0 fully saturated rings. The fourth-order valence-electron chi connectivity index (χ4n) is 3.04. The lowest BCUT2D eigenvalue weighted by Crippen LogP contribution is -2.37. The average Bonchev–Trinajstić information content (AvgIpc) is 3.03. The van der Waals surface area contributed by atoms with Gasteiger partial charge in [0, 0.05) is 6.54 Å². The van der Waals surface area contributed by atoms with Gasteiger partial charge in [0.25, 0.3) is 0 Å². The Hall–Kier alpha value is -2.55. The maximum atomic E-state index is 10.1. The first-order chi connectivity index (χ1) is 14.0. The van der Waals surface area contributed by atoms with Crippen LogP contribution in [-0.4, -0.2) is 32.5 Å². The van der Waals surface area contributed by atoms with Crippen LogP contribution < -0.4 is 5.19 Å². The Balaban J connectivity index is 2.57. The van der Waals surface area contributed by atoms with Gasteiger partial charge >= 0.3 is 0 Å². The highest BCUT2D eigenvalue weighted by Gasteiger charge is 2.20. The van der Waals surface area contributed by atoms with Gasteiger partial charge in [0.2, 0.25) is 0 Å². The summed E-state index contributed by atoms with van der Waals surface area (Å²) in [4.78, 5) is 0. The monoisotopic (exact) mass is 435 g/mol. The van der Waals surface area contributed by atoms with Crippen molar-refractivity contribution in [1.82, 2.24) is 9.78 Å². The van der Waals surface area contributed by atoms with E-state index in [1.165, 1.54) is 5.19 Å². The van der Waals surface area contributed by atoms with E-state index in [9.17, 15) is 5.26 Å². The predicted molar refractivity (Wildman–Crippen MR) is 132 cm³/mol. The molecule has 0 aliphatic heterocycles. The van der Waals surface area contributed by atoms with E-state index in [-0.39, 0.29) is 6.61 Å². The standard InChI is InChI=1S/C24H33N3OSi2/c1-9-27-23(17-19(2)26-27)24(28-15-10-16-29(3,4)5)22(18-25)20-11-13-21(14-12-20)30(6,7)8/h11-14,17H,9,15H2,1-8H3/b24-22-. The van der Waals surface area contributed by atoms with Crippen LogP contribution in [0.15, 0.2) is 30.3 Å². The largest absolute Gasteiger partial charge is 0.477 e. The molecule has 0 unspecified atom stereocenters. The molecule has 158 valence electrons. The second-order valence-electron chi connectivity index (χ2n) is 9.47. The number of hydrogen-bond acceptors (Lipinski definition) is 3. The SMILES string of the molecule is CCn1nc(C)cc1/C(OCC#C[Si](C)(C)C)=C(\C#N)c1ccc([Si](C)(C)C)cc1. The third-order valence-corrected chi connectivity index (χ3v) is 7.56. The lowest BCUT2D eigenvalue weighted by Gasteiger charge is -2.17. The quantitative estimate of drug-likeness (QED) is 0.276. The van der Waals surface area contributed by atoms with Gasteiger partial charge in [-0.05, 0) is 25.5 Å². The van der Waals surface area contributed by atoms with Crippen LogP contribution in [0.25, 0.3) is 11.3 Å². The van der Waals surface area contributed by atoms with Crippen LogP contribution in [0.5, 0.6) is 0 Å². The Morgan fingerprint density at radius 1 is 1.10 bits per heavy atom. The Morgan fingerprint density at radius 3 is 2.23 bits per heavy atom. The number of aryl methyl sites for hydroxylation is 2. The molecule has 0 aliphatic carbocycles. The number of benzene rings is 1. The van der Waals surface area contributed by atoms with Crippen molar-refractivity contribution in [1.29, 1.82) is 5.26 Å². The summed E-state index contributed by atoms with van der Waals surface area (Å²) in [5, 5.41) is 16.0. The lowest BCUT2D eigenvalue weighted by atomic mass is 10.0. The van der Waals surface area contributed by atoms with Crippen LogP contribution in [-0.2, 0) is 11.3 Å². The molecule has 2 aromatic rings. The molecule has 0 amide bonds. The molecular formula is C24H33N3OSi2. The highest BCUT2D eigenvalue weighted by atomic mass is 28.3. The van der Waals surface area contributed by atoms with Crippen molar-refractivity contribution in [2.45, 2.75) is 59.7 Å². The van der Waals surface area contributed by atoms with Crippen molar-refractivity contribution in [3.8, 4) is 17.5 Å². The average molecular weight is 436 g/mol. The van der Waals surface area contributed by atoms with E-state index >= 15 is 0 Å². The molecule has 0 aliphatic rings. The molecule has 0 saturated heterocycles. The van der Waals surface area contributed by atoms with Gasteiger partial charge in [0.1, 0.15) is 32.0 Å². The first-order valence-corrected chi connectivity index (χ1v) is 17.4. The summed E-state index contributed by atoms with van der Waals surface area (Å²) in [6.45, 7) is 18.5. The summed E-state index contributed by atoms with van der Waals surface area (Å²) in [7, 11) is -2.89. The summed E-state index contributed by atoms with van der Waals surface area (Å²) < 4.78 is 8.02. The molecule has 6 heteroatoms. The summed E-state index contributed by atoms with van der Waals surface area (Å²) in [5.74, 6) is 3.70. The normalized spacial score (nSPS) is 12.5. The minimum absolute atomic E-state index is 0.256. The topological polar surface area (TPSA) is 50.8 Å². The fraction of sp³-hybridized carbons (Fsp3) is 0.417. The van der Waals surface area contributed by atoms with Crippen LogP contribution in [0, 0.1) is 29.7 Å². The minimum Gasteiger partial charge on any atom is -0.477 e. The number of aromatic nitrogens is 2. The molecule has 0 N–H and O–H groups in total. The molecular weight excluding hydrogens is 402 g/mol. The Kier molecular flexibility index (Phi) is 7.52. The van der Waals surface area contributed by atoms with Crippen LogP contribution >= 0.6 is 0 Å². The van der Waals surface area contributed by atoms with Crippen molar-refractivity contribution in [2.75, 3.05) is 6.61 Å². The number of allylic oxidation sites excluding steroid dienone is 1. The second-order valence-corrected chi connectivity index (χ2v) is 19.3. The van der Waals surface area contributed by atoms with Crippen LogP contribution in [0.2, 0.25) is 39.3 Å². The van der Waals surface area contributed by atoms with E-state index in [0.29, 0.717) is 17.9 Å². The van der Waals surface area contributed by atoms with Crippen molar-refractivity contribution < 1.29 is 4.74 Å². The first kappa shape index (κ1) is 23.7. The van der Waals surface area contributed by atoms with Crippen LogP contribution in [0.3, 0.4) is 0 Å². The summed E-state index contributed by atoms with van der Waals surface area (Å²) in [6, 6.07) is 12.7. The van der Waals surface area contributed by atoms with Crippen molar-refractivity contribution >= 4 is 32.7 Å². The lowest BCUT2D eigenvalue weighted by molar-refractivity contribution is 0.323. The zero-order chi connectivity index (χ0) is 22.5. The van der Waals surface area contributed by atoms with Crippen molar-refractivity contribution in [3.05, 3.63) is 47.3 Å². The molecule has 0 atom stereocenters. The van der Waals surface area contributed by atoms with E-state index in [4.69, 9.17) is 4.74 Å². The maximum absolute atomic E-state index is 10.1. The van der Waals surface area contributed by atoms with Gasteiger partial charge < -0.3 is 4.74 Å². The van der Waals surface area contributed by atoms with Gasteiger partial charge in [-0.1, -0.05) is 74.7 Å². The number of ether oxygens (including phenoxy) is 1. The third-order valence-electron chi connectivity index (χ3n) is 4.56. The zero-order valence-corrected chi connectivity index (χ0v) is 21.6. The maximum Gasteiger partial charge on any atom is 0.164 e. The number of nitriles is 1. The number of rotatable bonds is 6. The predicted octanol–water partition coefficient (Wildman–Crippen LogP) is 5.05. The van der Waals surface area contributed by atoms with E-state index < -0.39 is 16.1 Å². The van der Waals surface area contributed by atoms with Gasteiger partial charge in [0.05, 0.1) is 13.8 Å². The molecule has 30 heavy (non-hydrogen) atoms. The van der Waals surface area contributed by atoms with Crippen LogP contribution in [0.1, 0.15) is 23.9 Å². The van der Waals surface area contributed by atoms with Gasteiger partial charge in [0.15, 0.2) is 5.76 Å². The van der Waals surface area contributed by atoms with Gasteiger partial charge in [-0.2, -0.15) is 10.4 Å². The summed E-state index contributed by atoms with van der Waals surface area (Å²) >= 11 is 0. The summed E-state index contributed by atoms with van der Waals surface area (Å²) in [6.07, 6.45) is 0.